The summed E-state index contributed by atoms with van der Waals surface area (Å²) in [6, 6.07) is 13.3. The zero-order chi connectivity index (χ0) is 25.0. The number of hydrogen-bond donors (Lipinski definition) is 1. The highest BCUT2D eigenvalue weighted by Gasteiger charge is 2.18. The van der Waals surface area contributed by atoms with E-state index in [0.29, 0.717) is 24.8 Å². The molecular formula is C24H29N7O3S. The lowest BCUT2D eigenvalue weighted by molar-refractivity contribution is 0.261. The first-order valence-corrected chi connectivity index (χ1v) is 12.9. The molecule has 0 bridgehead atoms. The predicted molar refractivity (Wildman–Crippen MR) is 138 cm³/mol. The molecule has 0 saturated heterocycles. The van der Waals surface area contributed by atoms with Crippen molar-refractivity contribution in [2.45, 2.75) is 6.54 Å². The summed E-state index contributed by atoms with van der Waals surface area (Å²) < 4.78 is 32.9. The Morgan fingerprint density at radius 2 is 1.89 bits per heavy atom. The van der Waals surface area contributed by atoms with Gasteiger partial charge in [0.2, 0.25) is 10.0 Å². The summed E-state index contributed by atoms with van der Waals surface area (Å²) in [5, 5.41) is 8.69. The molecule has 0 aliphatic rings. The van der Waals surface area contributed by atoms with E-state index in [-0.39, 0.29) is 0 Å². The highest BCUT2D eigenvalue weighted by Crippen LogP contribution is 2.25. The first-order valence-electron chi connectivity index (χ1n) is 11.0. The average molecular weight is 496 g/mol. The van der Waals surface area contributed by atoms with Crippen molar-refractivity contribution in [2.24, 2.45) is 0 Å². The number of aromatic nitrogens is 4. The molecule has 11 heteroatoms. The second kappa shape index (κ2) is 10.3. The smallest absolute Gasteiger partial charge is 0.233 e. The van der Waals surface area contributed by atoms with E-state index in [4.69, 9.17) is 4.74 Å². The van der Waals surface area contributed by atoms with E-state index in [1.807, 2.05) is 50.5 Å². The molecule has 0 saturated carbocycles. The maximum absolute atomic E-state index is 12.1. The molecule has 3 aromatic heterocycles. The van der Waals surface area contributed by atoms with Crippen molar-refractivity contribution < 1.29 is 13.2 Å². The van der Waals surface area contributed by atoms with Gasteiger partial charge in [-0.05, 0) is 32.3 Å². The van der Waals surface area contributed by atoms with Gasteiger partial charge in [-0.1, -0.05) is 12.1 Å². The Morgan fingerprint density at radius 1 is 1.06 bits per heavy atom. The standard InChI is InChI=1S/C24H29N7O3S/c1-29(2)11-12-34-21-9-5-8-20(13-21)28-23-14-22-19(15-26-23)16-27-31(22)17-18-7-6-10-25-24(18)30(3)35(4,32)33/h5-10,13-16H,11-12,17H2,1-4H3,(H,26,28). The van der Waals surface area contributed by atoms with Crippen molar-refractivity contribution in [3.05, 3.63) is 66.6 Å². The van der Waals surface area contributed by atoms with Crippen molar-refractivity contribution in [2.75, 3.05) is 50.2 Å². The second-order valence-electron chi connectivity index (χ2n) is 8.45. The molecule has 1 aromatic carbocycles. The van der Waals surface area contributed by atoms with Crippen molar-refractivity contribution in [1.82, 2.24) is 24.6 Å². The predicted octanol–water partition coefficient (Wildman–Crippen LogP) is 2.95. The number of ether oxygens (including phenoxy) is 1. The van der Waals surface area contributed by atoms with Crippen molar-refractivity contribution >= 4 is 38.2 Å². The van der Waals surface area contributed by atoms with Crippen LogP contribution in [0.3, 0.4) is 0 Å². The van der Waals surface area contributed by atoms with Gasteiger partial charge in [-0.25, -0.2) is 18.4 Å². The van der Waals surface area contributed by atoms with Crippen LogP contribution in [0.2, 0.25) is 0 Å². The Labute approximate surface area is 205 Å². The Kier molecular flexibility index (Phi) is 7.17. The van der Waals surface area contributed by atoms with E-state index in [1.165, 1.54) is 11.4 Å². The van der Waals surface area contributed by atoms with Crippen LogP contribution >= 0.6 is 0 Å². The van der Waals surface area contributed by atoms with Gasteiger partial charge in [0, 0.05) is 54.8 Å². The molecule has 3 heterocycles. The van der Waals surface area contributed by atoms with Crippen LogP contribution in [0.1, 0.15) is 5.56 Å². The molecule has 0 fully saturated rings. The van der Waals surface area contributed by atoms with Gasteiger partial charge < -0.3 is 15.0 Å². The van der Waals surface area contributed by atoms with E-state index in [1.54, 1.807) is 29.3 Å². The summed E-state index contributed by atoms with van der Waals surface area (Å²) in [6.07, 6.45) is 6.22. The Hall–Kier alpha value is -3.70. The van der Waals surface area contributed by atoms with Crippen LogP contribution in [0.15, 0.2) is 61.1 Å². The molecule has 184 valence electrons. The topological polar surface area (TPSA) is 105 Å². The number of sulfonamides is 1. The van der Waals surface area contributed by atoms with Crippen molar-refractivity contribution in [3.63, 3.8) is 0 Å². The SMILES string of the molecule is CN(C)CCOc1cccc(Nc2cc3c(cn2)cnn3Cc2cccnc2N(C)S(C)(=O)=O)c1. The lowest BCUT2D eigenvalue weighted by Gasteiger charge is -2.19. The van der Waals surface area contributed by atoms with E-state index >= 15 is 0 Å². The number of anilines is 3. The second-order valence-corrected chi connectivity index (χ2v) is 10.5. The molecule has 0 radical (unpaired) electrons. The fourth-order valence-electron chi connectivity index (χ4n) is 3.48. The lowest BCUT2D eigenvalue weighted by atomic mass is 10.2. The fourth-order valence-corrected chi connectivity index (χ4v) is 3.96. The number of likely N-dealkylation sites (N-methyl/N-ethyl adjacent to an activating group) is 1. The molecule has 4 aromatic rings. The van der Waals surface area contributed by atoms with Crippen LogP contribution < -0.4 is 14.4 Å². The summed E-state index contributed by atoms with van der Waals surface area (Å²) >= 11 is 0. The lowest BCUT2D eigenvalue weighted by Crippen LogP contribution is -2.27. The third-order valence-corrected chi connectivity index (χ3v) is 6.59. The summed E-state index contributed by atoms with van der Waals surface area (Å²) in [7, 11) is 2.06. The first-order chi connectivity index (χ1) is 16.7. The zero-order valence-corrected chi connectivity index (χ0v) is 21.0. The molecule has 35 heavy (non-hydrogen) atoms. The Balaban J connectivity index is 1.56. The molecule has 0 amide bonds. The maximum Gasteiger partial charge on any atom is 0.233 e. The Morgan fingerprint density at radius 3 is 2.66 bits per heavy atom. The van der Waals surface area contributed by atoms with Gasteiger partial charge in [-0.3, -0.25) is 8.99 Å². The minimum Gasteiger partial charge on any atom is -0.492 e. The van der Waals surface area contributed by atoms with Crippen LogP contribution in [0.4, 0.5) is 17.3 Å². The number of nitrogens with one attached hydrogen (secondary N) is 1. The summed E-state index contributed by atoms with van der Waals surface area (Å²) in [5.41, 5.74) is 2.45. The third-order valence-electron chi connectivity index (χ3n) is 5.42. The number of rotatable bonds is 10. The largest absolute Gasteiger partial charge is 0.492 e. The monoisotopic (exact) mass is 495 g/mol. The molecule has 0 unspecified atom stereocenters. The third kappa shape index (κ3) is 6.06. The molecule has 0 spiro atoms. The van der Waals surface area contributed by atoms with Gasteiger partial charge in [0.25, 0.3) is 0 Å². The van der Waals surface area contributed by atoms with Gasteiger partial charge in [0.15, 0.2) is 0 Å². The molecule has 4 rings (SSSR count). The number of nitrogens with zero attached hydrogens (tertiary/aromatic N) is 6. The van der Waals surface area contributed by atoms with Crippen molar-refractivity contribution in [1.29, 1.82) is 0 Å². The summed E-state index contributed by atoms with van der Waals surface area (Å²) in [5.74, 6) is 1.81. The highest BCUT2D eigenvalue weighted by molar-refractivity contribution is 7.92. The van der Waals surface area contributed by atoms with E-state index in [9.17, 15) is 8.42 Å². The zero-order valence-electron chi connectivity index (χ0n) is 20.2. The van der Waals surface area contributed by atoms with E-state index < -0.39 is 10.0 Å². The van der Waals surface area contributed by atoms with Gasteiger partial charge in [0.1, 0.15) is 24.0 Å². The average Bonchev–Trinajstić information content (AvgIpc) is 3.20. The number of fused-ring (bicyclic) bond motifs is 1. The molecule has 0 atom stereocenters. The molecular weight excluding hydrogens is 466 g/mol. The number of hydrogen-bond acceptors (Lipinski definition) is 8. The fraction of sp³-hybridized carbons (Fsp3) is 0.292. The molecule has 1 N–H and O–H groups in total. The maximum atomic E-state index is 12.1. The minimum atomic E-state index is -3.45. The first kappa shape index (κ1) is 24.4. The minimum absolute atomic E-state index is 0.352. The summed E-state index contributed by atoms with van der Waals surface area (Å²) in [4.78, 5) is 10.9. The van der Waals surface area contributed by atoms with Gasteiger partial charge >= 0.3 is 0 Å². The van der Waals surface area contributed by atoms with Crippen LogP contribution in [0, 0.1) is 0 Å². The Bertz CT molecular complexity index is 1420. The number of pyridine rings is 2. The quantitative estimate of drug-likeness (QED) is 0.358. The molecule has 0 aliphatic heterocycles. The molecule has 10 nitrogen and oxygen atoms in total. The van der Waals surface area contributed by atoms with E-state index in [2.05, 4.69) is 25.3 Å². The van der Waals surface area contributed by atoms with Crippen LogP contribution in [-0.2, 0) is 16.6 Å². The normalized spacial score (nSPS) is 11.7. The van der Waals surface area contributed by atoms with Crippen molar-refractivity contribution in [3.8, 4) is 5.75 Å². The van der Waals surface area contributed by atoms with Crippen LogP contribution in [-0.4, -0.2) is 73.6 Å². The van der Waals surface area contributed by atoms with Gasteiger partial charge in [-0.15, -0.1) is 0 Å². The number of benzene rings is 1. The molecule has 0 aliphatic carbocycles. The van der Waals surface area contributed by atoms with Crippen LogP contribution in [0.5, 0.6) is 5.75 Å². The van der Waals surface area contributed by atoms with Crippen LogP contribution in [0.25, 0.3) is 10.9 Å². The van der Waals surface area contributed by atoms with E-state index in [0.717, 1.165) is 40.7 Å². The highest BCUT2D eigenvalue weighted by atomic mass is 32.2. The summed E-state index contributed by atoms with van der Waals surface area (Å²) in [6.45, 7) is 1.79. The van der Waals surface area contributed by atoms with Gasteiger partial charge in [-0.2, -0.15) is 5.10 Å². The van der Waals surface area contributed by atoms with Gasteiger partial charge in [0.05, 0.1) is 24.5 Å².